The minimum atomic E-state index is -0.460. The summed E-state index contributed by atoms with van der Waals surface area (Å²) in [5.41, 5.74) is 6.74. The number of amides is 1. The van der Waals surface area contributed by atoms with Crippen molar-refractivity contribution in [1.82, 2.24) is 4.57 Å². The Hall–Kier alpha value is -4.56. The van der Waals surface area contributed by atoms with Gasteiger partial charge in [-0.25, -0.2) is 0 Å². The molecule has 0 saturated heterocycles. The molecule has 0 spiro atoms. The molecule has 0 aliphatic heterocycles. The molecule has 4 rings (SSSR count). The van der Waals surface area contributed by atoms with E-state index in [0.29, 0.717) is 18.0 Å². The van der Waals surface area contributed by atoms with Gasteiger partial charge in [-0.15, -0.1) is 0 Å². The minimum absolute atomic E-state index is 0.0338. The molecule has 3 aromatic carbocycles. The van der Waals surface area contributed by atoms with Crippen molar-refractivity contribution in [3.8, 4) is 28.6 Å². The predicted molar refractivity (Wildman–Crippen MR) is 141 cm³/mol. The number of nitriles is 1. The van der Waals surface area contributed by atoms with Gasteiger partial charge in [0.2, 0.25) is 0 Å². The summed E-state index contributed by atoms with van der Waals surface area (Å²) in [5, 5.41) is 12.5. The van der Waals surface area contributed by atoms with Crippen molar-refractivity contribution in [3.05, 3.63) is 107 Å². The van der Waals surface area contributed by atoms with E-state index < -0.39 is 5.91 Å². The van der Waals surface area contributed by atoms with Crippen LogP contribution in [0.4, 0.5) is 5.69 Å². The number of hydrogen-bond acceptors (Lipinski definition) is 3. The average molecular weight is 462 g/mol. The summed E-state index contributed by atoms with van der Waals surface area (Å²) in [7, 11) is 0. The van der Waals surface area contributed by atoms with Crippen LogP contribution >= 0.6 is 0 Å². The van der Waals surface area contributed by atoms with Crippen molar-refractivity contribution >= 4 is 17.7 Å². The molecule has 0 unspecified atom stereocenters. The van der Waals surface area contributed by atoms with Gasteiger partial charge in [-0.3, -0.25) is 4.79 Å². The second-order valence-electron chi connectivity index (χ2n) is 8.16. The monoisotopic (exact) mass is 461 g/mol. The Morgan fingerprint density at radius 1 is 0.971 bits per heavy atom. The van der Waals surface area contributed by atoms with Gasteiger partial charge in [-0.1, -0.05) is 48.5 Å². The third-order valence-corrected chi connectivity index (χ3v) is 5.77. The molecular formula is C30H27N3O2. The first-order valence-corrected chi connectivity index (χ1v) is 11.5. The highest BCUT2D eigenvalue weighted by molar-refractivity contribution is 6.09. The van der Waals surface area contributed by atoms with E-state index in [-0.39, 0.29) is 5.57 Å². The maximum Gasteiger partial charge on any atom is 0.266 e. The Kier molecular flexibility index (Phi) is 7.13. The molecule has 0 aliphatic rings. The first kappa shape index (κ1) is 23.6. The number of carbonyl (C=O) groups excluding carboxylic acids is 1. The Bertz CT molecular complexity index is 1410. The Balaban J connectivity index is 1.59. The lowest BCUT2D eigenvalue weighted by Gasteiger charge is -2.11. The normalized spacial score (nSPS) is 11.1. The van der Waals surface area contributed by atoms with Gasteiger partial charge in [0.25, 0.3) is 5.91 Å². The standard InChI is InChI=1S/C30H27N3O2/c1-4-35-29-12-8-11-27(19-29)32-30(34)26(20-31)18-25-17-21(2)33(22(25)3)28-15-13-24(14-16-28)23-9-6-5-7-10-23/h5-19H,4H2,1-3H3,(H,32,34)/b26-18+. The van der Waals surface area contributed by atoms with Gasteiger partial charge >= 0.3 is 0 Å². The number of anilines is 1. The molecular weight excluding hydrogens is 434 g/mol. The van der Waals surface area contributed by atoms with Crippen molar-refractivity contribution in [3.63, 3.8) is 0 Å². The van der Waals surface area contributed by atoms with Gasteiger partial charge in [-0.05, 0) is 73.9 Å². The molecule has 35 heavy (non-hydrogen) atoms. The second kappa shape index (κ2) is 10.6. The number of benzene rings is 3. The minimum Gasteiger partial charge on any atom is -0.494 e. The smallest absolute Gasteiger partial charge is 0.266 e. The van der Waals surface area contributed by atoms with Crippen molar-refractivity contribution in [2.45, 2.75) is 20.8 Å². The lowest BCUT2D eigenvalue weighted by molar-refractivity contribution is -0.112. The summed E-state index contributed by atoms with van der Waals surface area (Å²) >= 11 is 0. The van der Waals surface area contributed by atoms with E-state index in [1.807, 2.05) is 57.2 Å². The van der Waals surface area contributed by atoms with E-state index in [2.05, 4.69) is 46.3 Å². The van der Waals surface area contributed by atoms with Crippen LogP contribution in [0, 0.1) is 25.2 Å². The fourth-order valence-electron chi connectivity index (χ4n) is 4.10. The molecule has 5 heteroatoms. The molecule has 0 bridgehead atoms. The summed E-state index contributed by atoms with van der Waals surface area (Å²) in [5.74, 6) is 0.202. The van der Waals surface area contributed by atoms with E-state index in [4.69, 9.17) is 4.74 Å². The van der Waals surface area contributed by atoms with Crippen LogP contribution in [0.5, 0.6) is 5.75 Å². The summed E-state index contributed by atoms with van der Waals surface area (Å²) in [6.07, 6.45) is 1.64. The quantitative estimate of drug-likeness (QED) is 0.246. The molecule has 4 aromatic rings. The van der Waals surface area contributed by atoms with Gasteiger partial charge in [-0.2, -0.15) is 5.26 Å². The van der Waals surface area contributed by atoms with E-state index in [1.54, 1.807) is 24.3 Å². The number of carbonyl (C=O) groups is 1. The van der Waals surface area contributed by atoms with Crippen LogP contribution in [0.15, 0.2) is 90.5 Å². The van der Waals surface area contributed by atoms with E-state index >= 15 is 0 Å². The number of nitrogens with zero attached hydrogens (tertiary/aromatic N) is 2. The number of hydrogen-bond donors (Lipinski definition) is 1. The van der Waals surface area contributed by atoms with Crippen molar-refractivity contribution in [2.24, 2.45) is 0 Å². The SMILES string of the molecule is CCOc1cccc(NC(=O)/C(C#N)=C/c2cc(C)n(-c3ccc(-c4ccccc4)cc3)c2C)c1. The zero-order chi connectivity index (χ0) is 24.8. The highest BCUT2D eigenvalue weighted by Gasteiger charge is 2.14. The topological polar surface area (TPSA) is 67.0 Å². The van der Waals surface area contributed by atoms with Gasteiger partial charge in [0.15, 0.2) is 0 Å². The highest BCUT2D eigenvalue weighted by atomic mass is 16.5. The molecule has 1 heterocycles. The average Bonchev–Trinajstić information content (AvgIpc) is 3.16. The maximum absolute atomic E-state index is 12.8. The van der Waals surface area contributed by atoms with E-state index in [9.17, 15) is 10.1 Å². The van der Waals surface area contributed by atoms with Crippen molar-refractivity contribution < 1.29 is 9.53 Å². The number of aryl methyl sites for hydroxylation is 1. The zero-order valence-corrected chi connectivity index (χ0v) is 20.1. The fraction of sp³-hybridized carbons (Fsp3) is 0.133. The molecule has 0 radical (unpaired) electrons. The summed E-state index contributed by atoms with van der Waals surface area (Å²) in [6.45, 7) is 6.43. The van der Waals surface area contributed by atoms with Crippen LogP contribution in [0.25, 0.3) is 22.9 Å². The first-order chi connectivity index (χ1) is 17.0. The van der Waals surface area contributed by atoms with Crippen LogP contribution in [0.3, 0.4) is 0 Å². The number of rotatable bonds is 7. The number of ether oxygens (including phenoxy) is 1. The molecule has 1 amide bonds. The Morgan fingerprint density at radius 2 is 1.69 bits per heavy atom. The molecule has 0 saturated carbocycles. The van der Waals surface area contributed by atoms with Crippen LogP contribution in [0.1, 0.15) is 23.9 Å². The maximum atomic E-state index is 12.8. The van der Waals surface area contributed by atoms with Gasteiger partial charge in [0, 0.05) is 28.8 Å². The molecule has 1 aromatic heterocycles. The third-order valence-electron chi connectivity index (χ3n) is 5.77. The summed E-state index contributed by atoms with van der Waals surface area (Å²) in [6, 6.07) is 29.8. The fourth-order valence-corrected chi connectivity index (χ4v) is 4.10. The zero-order valence-electron chi connectivity index (χ0n) is 20.1. The highest BCUT2D eigenvalue weighted by Crippen LogP contribution is 2.26. The summed E-state index contributed by atoms with van der Waals surface area (Å²) < 4.78 is 7.61. The Morgan fingerprint density at radius 3 is 2.37 bits per heavy atom. The van der Waals surface area contributed by atoms with Gasteiger partial charge in [0.1, 0.15) is 17.4 Å². The van der Waals surface area contributed by atoms with Gasteiger partial charge in [0.05, 0.1) is 6.61 Å². The lowest BCUT2D eigenvalue weighted by Crippen LogP contribution is -2.13. The van der Waals surface area contributed by atoms with Gasteiger partial charge < -0.3 is 14.6 Å². The van der Waals surface area contributed by atoms with Crippen LogP contribution in [0.2, 0.25) is 0 Å². The number of aromatic nitrogens is 1. The van der Waals surface area contributed by atoms with Crippen LogP contribution in [-0.4, -0.2) is 17.1 Å². The number of nitrogens with one attached hydrogen (secondary N) is 1. The predicted octanol–water partition coefficient (Wildman–Crippen LogP) is 6.71. The van der Waals surface area contributed by atoms with Crippen molar-refractivity contribution in [2.75, 3.05) is 11.9 Å². The van der Waals surface area contributed by atoms with E-state index in [1.165, 1.54) is 5.56 Å². The second-order valence-corrected chi connectivity index (χ2v) is 8.16. The van der Waals surface area contributed by atoms with Crippen LogP contribution in [-0.2, 0) is 4.79 Å². The van der Waals surface area contributed by atoms with Crippen LogP contribution < -0.4 is 10.1 Å². The van der Waals surface area contributed by atoms with Crippen molar-refractivity contribution in [1.29, 1.82) is 5.26 Å². The molecule has 0 atom stereocenters. The molecule has 0 aliphatic carbocycles. The lowest BCUT2D eigenvalue weighted by atomic mass is 10.1. The van der Waals surface area contributed by atoms with E-state index in [0.717, 1.165) is 28.2 Å². The molecule has 5 nitrogen and oxygen atoms in total. The first-order valence-electron chi connectivity index (χ1n) is 11.5. The molecule has 174 valence electrons. The molecule has 1 N–H and O–H groups in total. The Labute approximate surface area is 205 Å². The molecule has 0 fully saturated rings. The largest absolute Gasteiger partial charge is 0.494 e. The third kappa shape index (κ3) is 5.34. The summed E-state index contributed by atoms with van der Waals surface area (Å²) in [4.78, 5) is 12.8.